The van der Waals surface area contributed by atoms with E-state index in [0.717, 1.165) is 0 Å². The van der Waals surface area contributed by atoms with Crippen molar-refractivity contribution in [1.29, 1.82) is 0 Å². The Morgan fingerprint density at radius 3 is 2.11 bits per heavy atom. The standard InChI is InChI=1S/C13H19NO4/c1-6-18-13(16)11-7(2)10(12(15)17-5)8(3)14-9(11)4/h7,14H,6H2,1-5H3/t7-/m1/s1. The molecule has 1 heterocycles. The van der Waals surface area contributed by atoms with Crippen molar-refractivity contribution in [2.75, 3.05) is 13.7 Å². The summed E-state index contributed by atoms with van der Waals surface area (Å²) in [5.74, 6) is -1.16. The Hall–Kier alpha value is -1.78. The van der Waals surface area contributed by atoms with Crippen molar-refractivity contribution < 1.29 is 19.1 Å². The van der Waals surface area contributed by atoms with Crippen molar-refractivity contribution in [3.8, 4) is 0 Å². The summed E-state index contributed by atoms with van der Waals surface area (Å²) in [6, 6.07) is 0. The van der Waals surface area contributed by atoms with E-state index in [1.807, 2.05) is 0 Å². The van der Waals surface area contributed by atoms with E-state index in [9.17, 15) is 9.59 Å². The van der Waals surface area contributed by atoms with Crippen molar-refractivity contribution >= 4 is 11.9 Å². The van der Waals surface area contributed by atoms with E-state index >= 15 is 0 Å². The van der Waals surface area contributed by atoms with Crippen LogP contribution < -0.4 is 5.32 Å². The fourth-order valence-corrected chi connectivity index (χ4v) is 2.19. The highest BCUT2D eigenvalue weighted by Crippen LogP contribution is 2.30. The molecule has 5 nitrogen and oxygen atoms in total. The first-order chi connectivity index (χ1) is 8.43. The minimum Gasteiger partial charge on any atom is -0.466 e. The molecular formula is C13H19NO4. The summed E-state index contributed by atoms with van der Waals surface area (Å²) in [6.07, 6.45) is 0. The van der Waals surface area contributed by atoms with E-state index in [4.69, 9.17) is 9.47 Å². The average Bonchev–Trinajstić information content (AvgIpc) is 2.28. The number of allylic oxidation sites excluding steroid dienone is 2. The molecular weight excluding hydrogens is 234 g/mol. The lowest BCUT2D eigenvalue weighted by Gasteiger charge is -2.27. The number of ether oxygens (including phenoxy) is 2. The van der Waals surface area contributed by atoms with Crippen molar-refractivity contribution in [3.63, 3.8) is 0 Å². The molecule has 1 atom stereocenters. The molecule has 0 aliphatic carbocycles. The summed E-state index contributed by atoms with van der Waals surface area (Å²) in [6.45, 7) is 7.43. The van der Waals surface area contributed by atoms with Crippen LogP contribution in [0.5, 0.6) is 0 Å². The maximum atomic E-state index is 11.9. The van der Waals surface area contributed by atoms with Crippen molar-refractivity contribution in [3.05, 3.63) is 22.5 Å². The van der Waals surface area contributed by atoms with Gasteiger partial charge in [0, 0.05) is 17.3 Å². The Labute approximate surface area is 107 Å². The number of hydrogen-bond donors (Lipinski definition) is 1. The molecule has 100 valence electrons. The topological polar surface area (TPSA) is 64.6 Å². The van der Waals surface area contributed by atoms with Gasteiger partial charge in [0.15, 0.2) is 0 Å². The number of methoxy groups -OCH3 is 1. The molecule has 0 bridgehead atoms. The number of carbonyl (C=O) groups is 2. The Morgan fingerprint density at radius 2 is 1.67 bits per heavy atom. The molecule has 0 aromatic heterocycles. The van der Waals surface area contributed by atoms with E-state index in [-0.39, 0.29) is 5.92 Å². The van der Waals surface area contributed by atoms with E-state index in [0.29, 0.717) is 29.1 Å². The highest BCUT2D eigenvalue weighted by Gasteiger charge is 2.33. The number of nitrogens with one attached hydrogen (secondary N) is 1. The van der Waals surface area contributed by atoms with E-state index in [1.165, 1.54) is 7.11 Å². The smallest absolute Gasteiger partial charge is 0.336 e. The summed E-state index contributed by atoms with van der Waals surface area (Å²) in [7, 11) is 1.32. The van der Waals surface area contributed by atoms with Crippen LogP contribution in [0.3, 0.4) is 0 Å². The van der Waals surface area contributed by atoms with Crippen LogP contribution in [-0.2, 0) is 19.1 Å². The third-order valence-electron chi connectivity index (χ3n) is 2.95. The average molecular weight is 253 g/mol. The number of carbonyl (C=O) groups excluding carboxylic acids is 2. The fourth-order valence-electron chi connectivity index (χ4n) is 2.19. The van der Waals surface area contributed by atoms with Gasteiger partial charge in [-0.25, -0.2) is 9.59 Å². The quantitative estimate of drug-likeness (QED) is 0.772. The van der Waals surface area contributed by atoms with Crippen molar-refractivity contribution in [2.45, 2.75) is 27.7 Å². The van der Waals surface area contributed by atoms with Crippen LogP contribution in [0, 0.1) is 5.92 Å². The Bertz CT molecular complexity index is 434. The second-order valence-electron chi connectivity index (χ2n) is 4.14. The molecule has 1 N–H and O–H groups in total. The van der Waals surface area contributed by atoms with Gasteiger partial charge in [0.25, 0.3) is 0 Å². The lowest BCUT2D eigenvalue weighted by Crippen LogP contribution is -2.32. The number of rotatable bonds is 3. The highest BCUT2D eigenvalue weighted by molar-refractivity contribution is 5.97. The minimum atomic E-state index is -0.429. The predicted molar refractivity (Wildman–Crippen MR) is 66.3 cm³/mol. The zero-order chi connectivity index (χ0) is 13.9. The summed E-state index contributed by atoms with van der Waals surface area (Å²) >= 11 is 0. The first-order valence-corrected chi connectivity index (χ1v) is 5.88. The van der Waals surface area contributed by atoms with Gasteiger partial charge in [-0.2, -0.15) is 0 Å². The lowest BCUT2D eigenvalue weighted by atomic mass is 9.87. The van der Waals surface area contributed by atoms with Crippen molar-refractivity contribution in [1.82, 2.24) is 5.32 Å². The minimum absolute atomic E-state index is 0.304. The highest BCUT2D eigenvalue weighted by atomic mass is 16.5. The van der Waals surface area contributed by atoms with E-state index in [2.05, 4.69) is 5.32 Å². The molecule has 1 aliphatic heterocycles. The molecule has 0 fully saturated rings. The van der Waals surface area contributed by atoms with Crippen LogP contribution in [-0.4, -0.2) is 25.7 Å². The zero-order valence-corrected chi connectivity index (χ0v) is 11.4. The van der Waals surface area contributed by atoms with Gasteiger partial charge in [-0.3, -0.25) is 0 Å². The van der Waals surface area contributed by atoms with Crippen LogP contribution >= 0.6 is 0 Å². The number of dihydropyridines is 1. The monoisotopic (exact) mass is 253 g/mol. The largest absolute Gasteiger partial charge is 0.466 e. The number of hydrogen-bond acceptors (Lipinski definition) is 5. The summed E-state index contributed by atoms with van der Waals surface area (Å²) in [4.78, 5) is 23.6. The summed E-state index contributed by atoms with van der Waals surface area (Å²) < 4.78 is 9.75. The molecule has 0 saturated heterocycles. The first-order valence-electron chi connectivity index (χ1n) is 5.88. The van der Waals surface area contributed by atoms with Gasteiger partial charge >= 0.3 is 11.9 Å². The Balaban J connectivity index is 3.12. The summed E-state index contributed by atoms with van der Waals surface area (Å²) in [5, 5.41) is 3.02. The van der Waals surface area contributed by atoms with Gasteiger partial charge in [-0.15, -0.1) is 0 Å². The maximum absolute atomic E-state index is 11.9. The van der Waals surface area contributed by atoms with Crippen LogP contribution in [0.15, 0.2) is 22.5 Å². The van der Waals surface area contributed by atoms with Crippen LogP contribution in [0.25, 0.3) is 0 Å². The molecule has 0 spiro atoms. The van der Waals surface area contributed by atoms with E-state index in [1.54, 1.807) is 27.7 Å². The van der Waals surface area contributed by atoms with Gasteiger partial charge in [-0.1, -0.05) is 6.92 Å². The fraction of sp³-hybridized carbons (Fsp3) is 0.538. The molecule has 1 rings (SSSR count). The summed E-state index contributed by atoms with van der Waals surface area (Å²) in [5.41, 5.74) is 2.36. The second-order valence-corrected chi connectivity index (χ2v) is 4.14. The van der Waals surface area contributed by atoms with Gasteiger partial charge in [0.2, 0.25) is 0 Å². The molecule has 0 unspecified atom stereocenters. The third kappa shape index (κ3) is 2.55. The predicted octanol–water partition coefficient (Wildman–Crippen LogP) is 1.51. The normalized spacial score (nSPS) is 19.5. The molecule has 1 aliphatic rings. The lowest BCUT2D eigenvalue weighted by molar-refractivity contribution is -0.139. The molecule has 0 amide bonds. The molecule has 5 heteroatoms. The third-order valence-corrected chi connectivity index (χ3v) is 2.95. The van der Waals surface area contributed by atoms with Crippen LogP contribution in [0.2, 0.25) is 0 Å². The molecule has 18 heavy (non-hydrogen) atoms. The number of esters is 2. The zero-order valence-electron chi connectivity index (χ0n) is 11.4. The van der Waals surface area contributed by atoms with Crippen LogP contribution in [0.1, 0.15) is 27.7 Å². The van der Waals surface area contributed by atoms with Crippen molar-refractivity contribution in [2.24, 2.45) is 5.92 Å². The molecule has 0 saturated carbocycles. The van der Waals surface area contributed by atoms with Gasteiger partial charge in [0.1, 0.15) is 0 Å². The molecule has 0 aromatic carbocycles. The first kappa shape index (κ1) is 14.3. The van der Waals surface area contributed by atoms with Gasteiger partial charge in [0.05, 0.1) is 24.9 Å². The Morgan fingerprint density at radius 1 is 1.17 bits per heavy atom. The molecule has 0 radical (unpaired) electrons. The van der Waals surface area contributed by atoms with Crippen LogP contribution in [0.4, 0.5) is 0 Å². The Kier molecular flexibility index (Phi) is 4.53. The van der Waals surface area contributed by atoms with Gasteiger partial charge < -0.3 is 14.8 Å². The second kappa shape index (κ2) is 5.71. The van der Waals surface area contributed by atoms with E-state index < -0.39 is 11.9 Å². The SMILES string of the molecule is CCOC(=O)C1=C(C)NC(C)=C(C(=O)OC)[C@H]1C. The van der Waals surface area contributed by atoms with Gasteiger partial charge in [-0.05, 0) is 20.8 Å². The maximum Gasteiger partial charge on any atom is 0.336 e. The molecule has 0 aromatic rings.